The van der Waals surface area contributed by atoms with E-state index in [0.717, 1.165) is 24.2 Å². The Morgan fingerprint density at radius 3 is 2.61 bits per heavy atom. The molecule has 0 spiro atoms. The Morgan fingerprint density at radius 2 is 2.00 bits per heavy atom. The third-order valence-electron chi connectivity index (χ3n) is 3.93. The average Bonchev–Trinajstić information content (AvgIpc) is 3.38. The fourth-order valence-corrected chi connectivity index (χ4v) is 4.10. The van der Waals surface area contributed by atoms with Crippen LogP contribution in [0.1, 0.15) is 44.0 Å². The summed E-state index contributed by atoms with van der Waals surface area (Å²) >= 11 is 0. The van der Waals surface area contributed by atoms with E-state index in [4.69, 9.17) is 0 Å². The first-order chi connectivity index (χ1) is 11.0. The van der Waals surface area contributed by atoms with Gasteiger partial charge in [-0.05, 0) is 43.0 Å². The number of nitrogens with zero attached hydrogens (tertiary/aromatic N) is 3. The van der Waals surface area contributed by atoms with Crippen LogP contribution in [0.5, 0.6) is 0 Å². The van der Waals surface area contributed by atoms with Crippen molar-refractivity contribution in [2.24, 2.45) is 0 Å². The van der Waals surface area contributed by atoms with Crippen molar-refractivity contribution in [3.05, 3.63) is 54.1 Å². The number of hydrogen-bond donors (Lipinski definition) is 0. The largest absolute Gasteiger partial charge is 0.263 e. The lowest BCUT2D eigenvalue weighted by molar-refractivity contribution is 0.393. The molecular formula is C17H21N3O2S. The summed E-state index contributed by atoms with van der Waals surface area (Å²) in [6.45, 7) is 4.47. The number of rotatable bonds is 6. The highest BCUT2D eigenvalue weighted by Crippen LogP contribution is 2.33. The van der Waals surface area contributed by atoms with Crippen LogP contribution in [0.3, 0.4) is 0 Å². The summed E-state index contributed by atoms with van der Waals surface area (Å²) in [5.41, 5.74) is 1.77. The zero-order chi connectivity index (χ0) is 16.4. The maximum absolute atomic E-state index is 12.9. The van der Waals surface area contributed by atoms with Crippen LogP contribution in [0.2, 0.25) is 0 Å². The SMILES string of the molecule is CC(C)c1cccc(CN(C2CC2)S(=O)(=O)c2cccnc2)n1. The Bertz CT molecular complexity index is 771. The highest BCUT2D eigenvalue weighted by atomic mass is 32.2. The van der Waals surface area contributed by atoms with Crippen LogP contribution < -0.4 is 0 Å². The van der Waals surface area contributed by atoms with Gasteiger partial charge < -0.3 is 0 Å². The summed E-state index contributed by atoms with van der Waals surface area (Å²) in [6.07, 6.45) is 4.80. The molecule has 2 aromatic heterocycles. The Balaban J connectivity index is 1.90. The van der Waals surface area contributed by atoms with Gasteiger partial charge in [0.05, 0.1) is 12.2 Å². The van der Waals surface area contributed by atoms with Crippen molar-refractivity contribution in [3.8, 4) is 0 Å². The van der Waals surface area contributed by atoms with E-state index in [-0.39, 0.29) is 10.9 Å². The molecule has 6 heteroatoms. The first-order valence-corrected chi connectivity index (χ1v) is 9.30. The van der Waals surface area contributed by atoms with Crippen LogP contribution in [-0.4, -0.2) is 28.7 Å². The molecule has 0 atom stereocenters. The third kappa shape index (κ3) is 3.59. The van der Waals surface area contributed by atoms with Gasteiger partial charge in [0, 0.05) is 24.1 Å². The number of sulfonamides is 1. The molecule has 0 radical (unpaired) electrons. The fourth-order valence-electron chi connectivity index (χ4n) is 2.48. The molecule has 0 amide bonds. The molecule has 122 valence electrons. The van der Waals surface area contributed by atoms with Gasteiger partial charge in [0.25, 0.3) is 0 Å². The van der Waals surface area contributed by atoms with Crippen LogP contribution in [0.15, 0.2) is 47.6 Å². The molecule has 0 aliphatic heterocycles. The molecule has 0 saturated heterocycles. The summed E-state index contributed by atoms with van der Waals surface area (Å²) in [5, 5.41) is 0. The second-order valence-electron chi connectivity index (χ2n) is 6.18. The number of aromatic nitrogens is 2. The van der Waals surface area contributed by atoms with Gasteiger partial charge in [-0.3, -0.25) is 9.97 Å². The molecule has 1 aliphatic carbocycles. The standard InChI is InChI=1S/C17H21N3O2S/c1-13(2)17-7-3-5-14(19-17)12-20(15-8-9-15)23(21,22)16-6-4-10-18-11-16/h3-7,10-11,13,15H,8-9,12H2,1-2H3. The van der Waals surface area contributed by atoms with Crippen LogP contribution in [0, 0.1) is 0 Å². The van der Waals surface area contributed by atoms with Gasteiger partial charge in [-0.15, -0.1) is 0 Å². The van der Waals surface area contributed by atoms with Crippen molar-refractivity contribution < 1.29 is 8.42 Å². The first kappa shape index (κ1) is 16.1. The van der Waals surface area contributed by atoms with Gasteiger partial charge in [-0.25, -0.2) is 8.42 Å². The van der Waals surface area contributed by atoms with E-state index >= 15 is 0 Å². The van der Waals surface area contributed by atoms with Crippen LogP contribution >= 0.6 is 0 Å². The highest BCUT2D eigenvalue weighted by Gasteiger charge is 2.38. The molecule has 1 aliphatic rings. The van der Waals surface area contributed by atoms with Crippen LogP contribution in [0.25, 0.3) is 0 Å². The lowest BCUT2D eigenvalue weighted by Gasteiger charge is -2.21. The molecule has 0 bridgehead atoms. The quantitative estimate of drug-likeness (QED) is 0.816. The molecule has 2 aromatic rings. The molecule has 23 heavy (non-hydrogen) atoms. The fraction of sp³-hybridized carbons (Fsp3) is 0.412. The summed E-state index contributed by atoms with van der Waals surface area (Å²) < 4.78 is 27.4. The summed E-state index contributed by atoms with van der Waals surface area (Å²) in [4.78, 5) is 8.79. The zero-order valence-electron chi connectivity index (χ0n) is 13.4. The monoisotopic (exact) mass is 331 g/mol. The lowest BCUT2D eigenvalue weighted by atomic mass is 10.1. The molecule has 0 unspecified atom stereocenters. The number of hydrogen-bond acceptors (Lipinski definition) is 4. The van der Waals surface area contributed by atoms with Gasteiger partial charge >= 0.3 is 0 Å². The third-order valence-corrected chi connectivity index (χ3v) is 5.81. The molecule has 0 N–H and O–H groups in total. The predicted octanol–water partition coefficient (Wildman–Crippen LogP) is 2.95. The van der Waals surface area contributed by atoms with Crippen LogP contribution in [0.4, 0.5) is 0 Å². The second kappa shape index (κ2) is 6.37. The topological polar surface area (TPSA) is 63.2 Å². The van der Waals surface area contributed by atoms with Crippen molar-refractivity contribution in [2.75, 3.05) is 0 Å². The lowest BCUT2D eigenvalue weighted by Crippen LogP contribution is -2.33. The molecule has 1 fully saturated rings. The minimum atomic E-state index is -3.54. The van der Waals surface area contributed by atoms with E-state index in [1.807, 2.05) is 18.2 Å². The first-order valence-electron chi connectivity index (χ1n) is 7.86. The summed E-state index contributed by atoms with van der Waals surface area (Å²) in [7, 11) is -3.54. The Hall–Kier alpha value is -1.79. The highest BCUT2D eigenvalue weighted by molar-refractivity contribution is 7.89. The van der Waals surface area contributed by atoms with E-state index in [1.54, 1.807) is 22.6 Å². The Kier molecular flexibility index (Phi) is 4.46. The molecular weight excluding hydrogens is 310 g/mol. The Morgan fingerprint density at radius 1 is 1.22 bits per heavy atom. The minimum Gasteiger partial charge on any atom is -0.263 e. The van der Waals surface area contributed by atoms with Crippen molar-refractivity contribution in [3.63, 3.8) is 0 Å². The van der Waals surface area contributed by atoms with E-state index in [1.165, 1.54) is 6.20 Å². The van der Waals surface area contributed by atoms with Gasteiger partial charge in [0.15, 0.2) is 0 Å². The van der Waals surface area contributed by atoms with E-state index in [0.29, 0.717) is 12.5 Å². The molecule has 2 heterocycles. The van der Waals surface area contributed by atoms with E-state index in [9.17, 15) is 8.42 Å². The molecule has 1 saturated carbocycles. The molecule has 5 nitrogen and oxygen atoms in total. The van der Waals surface area contributed by atoms with E-state index < -0.39 is 10.0 Å². The molecule has 0 aromatic carbocycles. The van der Waals surface area contributed by atoms with Crippen molar-refractivity contribution in [2.45, 2.75) is 50.1 Å². The van der Waals surface area contributed by atoms with Gasteiger partial charge in [0.2, 0.25) is 10.0 Å². The maximum Gasteiger partial charge on any atom is 0.245 e. The summed E-state index contributed by atoms with van der Waals surface area (Å²) in [6, 6.07) is 9.13. The van der Waals surface area contributed by atoms with E-state index in [2.05, 4.69) is 23.8 Å². The van der Waals surface area contributed by atoms with Crippen molar-refractivity contribution >= 4 is 10.0 Å². The normalized spacial score (nSPS) is 15.3. The number of pyridine rings is 2. The zero-order valence-corrected chi connectivity index (χ0v) is 14.2. The molecule has 3 rings (SSSR count). The second-order valence-corrected chi connectivity index (χ2v) is 8.07. The predicted molar refractivity (Wildman–Crippen MR) is 88.3 cm³/mol. The minimum absolute atomic E-state index is 0.0738. The Labute approximate surface area is 137 Å². The average molecular weight is 331 g/mol. The smallest absolute Gasteiger partial charge is 0.245 e. The summed E-state index contributed by atoms with van der Waals surface area (Å²) in [5.74, 6) is 0.319. The van der Waals surface area contributed by atoms with Crippen LogP contribution in [-0.2, 0) is 16.6 Å². The van der Waals surface area contributed by atoms with Gasteiger partial charge in [0.1, 0.15) is 4.90 Å². The van der Waals surface area contributed by atoms with Crippen molar-refractivity contribution in [1.29, 1.82) is 0 Å². The van der Waals surface area contributed by atoms with Gasteiger partial charge in [-0.2, -0.15) is 4.31 Å². The maximum atomic E-state index is 12.9. The van der Waals surface area contributed by atoms with Crippen molar-refractivity contribution in [1.82, 2.24) is 14.3 Å². The van der Waals surface area contributed by atoms with Gasteiger partial charge in [-0.1, -0.05) is 19.9 Å².